The molecule has 0 saturated heterocycles. The lowest BCUT2D eigenvalue weighted by Gasteiger charge is -2.33. The molecule has 0 saturated carbocycles. The predicted molar refractivity (Wildman–Crippen MR) is 142 cm³/mol. The monoisotopic (exact) mass is 547 g/mol. The van der Waals surface area contributed by atoms with Crippen LogP contribution >= 0.6 is 22.9 Å². The number of carbonyl (C=O) groups excluding carboxylic acids is 1. The molecule has 36 heavy (non-hydrogen) atoms. The number of methoxy groups -OCH3 is 1. The van der Waals surface area contributed by atoms with Crippen molar-refractivity contribution in [1.82, 2.24) is 4.90 Å². The summed E-state index contributed by atoms with van der Waals surface area (Å²) >= 11 is 8.07. The second-order valence-corrected chi connectivity index (χ2v) is 10.8. The quantitative estimate of drug-likeness (QED) is 0.286. The van der Waals surface area contributed by atoms with Gasteiger partial charge in [0, 0.05) is 28.4 Å². The molecule has 0 fully saturated rings. The number of esters is 1. The maximum Gasteiger partial charge on any atom is 0.327 e. The molecule has 2 heterocycles. The van der Waals surface area contributed by atoms with Crippen LogP contribution in [0.5, 0.6) is 0 Å². The Morgan fingerprint density at radius 3 is 2.47 bits per heavy atom. The number of rotatable bonds is 4. The molecule has 1 aliphatic rings. The lowest BCUT2D eigenvalue weighted by molar-refractivity contribution is -0.147. The number of ether oxygens (including phenoxy) is 1. The van der Waals surface area contributed by atoms with Crippen LogP contribution in [0.3, 0.4) is 0 Å². The second kappa shape index (κ2) is 12.0. The van der Waals surface area contributed by atoms with Crippen molar-refractivity contribution in [3.8, 4) is 0 Å². The number of hydrogen-bond donors (Lipinski definition) is 1. The highest BCUT2D eigenvalue weighted by Crippen LogP contribution is 2.34. The highest BCUT2D eigenvalue weighted by atomic mass is 35.5. The first-order valence-electron chi connectivity index (χ1n) is 10.9. The molecule has 1 aromatic heterocycles. The van der Waals surface area contributed by atoms with Gasteiger partial charge in [0.15, 0.2) is 0 Å². The molecule has 0 aliphatic carbocycles. The molecule has 0 unspecified atom stereocenters. The molecule has 1 aliphatic heterocycles. The SMILES string of the molecule is COC(=O)[C@H](c1ccccc1Cl)N1CCc2sccc2C1.O.O=S(=O)(O)c1cccc2ccccc12. The van der Waals surface area contributed by atoms with E-state index in [-0.39, 0.29) is 16.3 Å². The average Bonchev–Trinajstić information content (AvgIpc) is 3.33. The Morgan fingerprint density at radius 2 is 1.75 bits per heavy atom. The Kier molecular flexibility index (Phi) is 9.24. The molecule has 5 rings (SSSR count). The average molecular weight is 548 g/mol. The largest absolute Gasteiger partial charge is 0.468 e. The third kappa shape index (κ3) is 6.12. The summed E-state index contributed by atoms with van der Waals surface area (Å²) in [5, 5.41) is 4.04. The maximum absolute atomic E-state index is 12.3. The van der Waals surface area contributed by atoms with Gasteiger partial charge in [0.25, 0.3) is 10.1 Å². The van der Waals surface area contributed by atoms with E-state index >= 15 is 0 Å². The van der Waals surface area contributed by atoms with Gasteiger partial charge in [0.05, 0.1) is 7.11 Å². The minimum absolute atomic E-state index is 0. The highest BCUT2D eigenvalue weighted by Gasteiger charge is 2.32. The number of thiophene rings is 1. The molecule has 0 spiro atoms. The van der Waals surface area contributed by atoms with Crippen molar-refractivity contribution in [3.63, 3.8) is 0 Å². The van der Waals surface area contributed by atoms with Gasteiger partial charge in [-0.15, -0.1) is 11.3 Å². The van der Waals surface area contributed by atoms with Gasteiger partial charge >= 0.3 is 5.97 Å². The van der Waals surface area contributed by atoms with E-state index in [1.54, 1.807) is 41.7 Å². The van der Waals surface area contributed by atoms with Gasteiger partial charge in [0.2, 0.25) is 0 Å². The first-order chi connectivity index (χ1) is 16.8. The van der Waals surface area contributed by atoms with Crippen molar-refractivity contribution in [2.45, 2.75) is 23.9 Å². The third-order valence-electron chi connectivity index (χ3n) is 5.85. The number of fused-ring (bicyclic) bond motifs is 2. The van der Waals surface area contributed by atoms with E-state index in [0.717, 1.165) is 30.5 Å². The van der Waals surface area contributed by atoms with Crippen molar-refractivity contribution in [2.24, 2.45) is 0 Å². The fourth-order valence-corrected chi connectivity index (χ4v) is 6.04. The van der Waals surface area contributed by atoms with E-state index in [9.17, 15) is 13.2 Å². The van der Waals surface area contributed by atoms with Gasteiger partial charge in [-0.1, -0.05) is 66.2 Å². The molecule has 4 aromatic rings. The highest BCUT2D eigenvalue weighted by molar-refractivity contribution is 7.86. The molecular formula is C26H26ClNO6S2. The van der Waals surface area contributed by atoms with Crippen molar-refractivity contribution in [2.75, 3.05) is 13.7 Å². The van der Waals surface area contributed by atoms with E-state index in [2.05, 4.69) is 16.3 Å². The van der Waals surface area contributed by atoms with Gasteiger partial charge in [-0.25, -0.2) is 4.79 Å². The van der Waals surface area contributed by atoms with Crippen LogP contribution in [0.4, 0.5) is 0 Å². The number of halogens is 1. The van der Waals surface area contributed by atoms with Gasteiger partial charge in [0.1, 0.15) is 10.9 Å². The Balaban J connectivity index is 0.000000210. The van der Waals surface area contributed by atoms with Crippen LogP contribution in [0.25, 0.3) is 10.8 Å². The van der Waals surface area contributed by atoms with E-state index in [4.69, 9.17) is 20.9 Å². The third-order valence-corrected chi connectivity index (χ3v) is 8.13. The summed E-state index contributed by atoms with van der Waals surface area (Å²) in [7, 11) is -2.71. The minimum Gasteiger partial charge on any atom is -0.468 e. The molecule has 0 radical (unpaired) electrons. The maximum atomic E-state index is 12.3. The lowest BCUT2D eigenvalue weighted by atomic mass is 10.0. The standard InChI is InChI=1S/C16H16ClNO2S.C10H8O3S.H2O/c1-20-16(19)15(12-4-2-3-5-13(12)17)18-8-6-14-11(10-18)7-9-21-14;11-14(12,13)10-7-3-5-8-4-1-2-6-9(8)10;/h2-5,7,9,15H,6,8,10H2,1H3;1-7H,(H,11,12,13);1H2/t15-;;/m0../s1. The first-order valence-corrected chi connectivity index (χ1v) is 13.6. The summed E-state index contributed by atoms with van der Waals surface area (Å²) < 4.78 is 36.0. The molecular weight excluding hydrogens is 522 g/mol. The summed E-state index contributed by atoms with van der Waals surface area (Å²) in [5.74, 6) is -0.262. The summed E-state index contributed by atoms with van der Waals surface area (Å²) in [5.41, 5.74) is 2.11. The van der Waals surface area contributed by atoms with Crippen LogP contribution in [0.15, 0.2) is 83.1 Å². The smallest absolute Gasteiger partial charge is 0.327 e. The zero-order valence-electron chi connectivity index (χ0n) is 19.4. The van der Waals surface area contributed by atoms with Crippen LogP contribution in [-0.4, -0.2) is 43.0 Å². The van der Waals surface area contributed by atoms with E-state index < -0.39 is 16.2 Å². The van der Waals surface area contributed by atoms with Crippen LogP contribution in [0.1, 0.15) is 22.0 Å². The van der Waals surface area contributed by atoms with Crippen molar-refractivity contribution >= 4 is 49.8 Å². The lowest BCUT2D eigenvalue weighted by Crippen LogP contribution is -2.38. The Labute approximate surface area is 219 Å². The Hall–Kier alpha value is -2.79. The molecule has 3 aromatic carbocycles. The van der Waals surface area contributed by atoms with E-state index in [0.29, 0.717) is 10.4 Å². The summed E-state index contributed by atoms with van der Waals surface area (Å²) in [6, 6.07) is 21.0. The Bertz CT molecular complexity index is 1450. The van der Waals surface area contributed by atoms with Crippen LogP contribution < -0.4 is 0 Å². The molecule has 10 heteroatoms. The molecule has 190 valence electrons. The van der Waals surface area contributed by atoms with Gasteiger partial charge in [-0.05, 0) is 46.5 Å². The molecule has 3 N–H and O–H groups in total. The fraction of sp³-hybridized carbons (Fsp3) is 0.192. The summed E-state index contributed by atoms with van der Waals surface area (Å²) in [6.45, 7) is 1.59. The van der Waals surface area contributed by atoms with Gasteiger partial charge in [-0.2, -0.15) is 8.42 Å². The second-order valence-electron chi connectivity index (χ2n) is 7.99. The van der Waals surface area contributed by atoms with Crippen molar-refractivity contribution in [3.05, 3.63) is 99.2 Å². The zero-order chi connectivity index (χ0) is 25.0. The Morgan fingerprint density at radius 1 is 1.06 bits per heavy atom. The number of hydrogen-bond acceptors (Lipinski definition) is 6. The minimum atomic E-state index is -4.13. The molecule has 1 atom stereocenters. The topological polar surface area (TPSA) is 115 Å². The summed E-state index contributed by atoms with van der Waals surface area (Å²) in [4.78, 5) is 15.8. The van der Waals surface area contributed by atoms with Crippen LogP contribution in [0.2, 0.25) is 5.02 Å². The van der Waals surface area contributed by atoms with E-state index in [1.165, 1.54) is 23.6 Å². The number of nitrogens with zero attached hydrogens (tertiary/aromatic N) is 1. The van der Waals surface area contributed by atoms with E-state index in [1.807, 2.05) is 30.3 Å². The molecule has 0 bridgehead atoms. The van der Waals surface area contributed by atoms with Crippen molar-refractivity contribution < 1.29 is 28.0 Å². The number of benzene rings is 3. The van der Waals surface area contributed by atoms with Gasteiger partial charge in [-0.3, -0.25) is 9.45 Å². The number of carbonyl (C=O) groups is 1. The zero-order valence-corrected chi connectivity index (χ0v) is 21.8. The van der Waals surface area contributed by atoms with Crippen molar-refractivity contribution in [1.29, 1.82) is 0 Å². The van der Waals surface area contributed by atoms with Crippen LogP contribution in [0, 0.1) is 0 Å². The first kappa shape index (κ1) is 27.8. The molecule has 7 nitrogen and oxygen atoms in total. The summed E-state index contributed by atoms with van der Waals surface area (Å²) in [6.07, 6.45) is 0.963. The predicted octanol–water partition coefficient (Wildman–Crippen LogP) is 4.94. The fourth-order valence-electron chi connectivity index (χ4n) is 4.19. The normalized spacial score (nSPS) is 14.1. The van der Waals surface area contributed by atoms with Crippen LogP contribution in [-0.2, 0) is 32.6 Å². The van der Waals surface area contributed by atoms with Gasteiger partial charge < -0.3 is 10.2 Å². The molecule has 0 amide bonds.